The van der Waals surface area contributed by atoms with Crippen LogP contribution >= 0.6 is 0 Å². The summed E-state index contributed by atoms with van der Waals surface area (Å²) in [6.45, 7) is 6.16. The Bertz CT molecular complexity index is 629. The number of esters is 1. The molecule has 0 radical (unpaired) electrons. The van der Waals surface area contributed by atoms with E-state index in [9.17, 15) is 4.79 Å². The van der Waals surface area contributed by atoms with Gasteiger partial charge in [0.25, 0.3) is 0 Å². The number of rotatable bonds is 3. The Hall–Kier alpha value is -1.81. The van der Waals surface area contributed by atoms with Crippen LogP contribution in [0.4, 0.5) is 0 Å². The molecule has 0 aliphatic heterocycles. The van der Waals surface area contributed by atoms with E-state index in [2.05, 4.69) is 35.7 Å². The van der Waals surface area contributed by atoms with Crippen molar-refractivity contribution in [3.63, 3.8) is 0 Å². The number of methoxy groups -OCH3 is 1. The smallest absolute Gasteiger partial charge is 0.322 e. The molecule has 3 N–H and O–H groups in total. The topological polar surface area (TPSA) is 68.1 Å². The van der Waals surface area contributed by atoms with Crippen LogP contribution in [0.2, 0.25) is 0 Å². The molecule has 0 fully saturated rings. The molecule has 2 rings (SSSR count). The Balaban J connectivity index is 2.49. The minimum absolute atomic E-state index is 0.376. The van der Waals surface area contributed by atoms with E-state index in [4.69, 9.17) is 5.73 Å². The maximum atomic E-state index is 11.5. The average molecular weight is 260 g/mol. The molecule has 2 aromatic rings. The standard InChI is InChI=1S/C15H20N2O2/c1-8-5-9(2)14-11(7-12(16)15(18)19-4)10(3)17-13(14)6-8/h5-6,12,17H,7,16H2,1-4H3. The van der Waals surface area contributed by atoms with Crippen molar-refractivity contribution >= 4 is 16.9 Å². The van der Waals surface area contributed by atoms with Crippen LogP contribution in [0.3, 0.4) is 0 Å². The molecule has 1 aromatic carbocycles. The molecule has 0 saturated carbocycles. The van der Waals surface area contributed by atoms with Crippen molar-refractivity contribution in [1.29, 1.82) is 0 Å². The van der Waals surface area contributed by atoms with Gasteiger partial charge in [-0.2, -0.15) is 0 Å². The van der Waals surface area contributed by atoms with Gasteiger partial charge in [-0.25, -0.2) is 0 Å². The maximum Gasteiger partial charge on any atom is 0.322 e. The first-order chi connectivity index (χ1) is 8.93. The number of aryl methyl sites for hydroxylation is 3. The van der Waals surface area contributed by atoms with Gasteiger partial charge in [-0.1, -0.05) is 6.07 Å². The lowest BCUT2D eigenvalue weighted by atomic mass is 9.99. The zero-order valence-corrected chi connectivity index (χ0v) is 11.8. The average Bonchev–Trinajstić information content (AvgIpc) is 2.64. The molecule has 0 bridgehead atoms. The Morgan fingerprint density at radius 3 is 2.68 bits per heavy atom. The molecule has 0 saturated heterocycles. The fourth-order valence-corrected chi connectivity index (χ4v) is 2.64. The van der Waals surface area contributed by atoms with Crippen LogP contribution < -0.4 is 5.73 Å². The maximum absolute atomic E-state index is 11.5. The van der Waals surface area contributed by atoms with Gasteiger partial charge in [0.1, 0.15) is 6.04 Å². The Morgan fingerprint density at radius 2 is 2.05 bits per heavy atom. The highest BCUT2D eigenvalue weighted by Gasteiger charge is 2.19. The van der Waals surface area contributed by atoms with Crippen LogP contribution in [0.15, 0.2) is 12.1 Å². The summed E-state index contributed by atoms with van der Waals surface area (Å²) < 4.78 is 4.69. The minimum Gasteiger partial charge on any atom is -0.468 e. The number of hydrogen-bond donors (Lipinski definition) is 2. The molecule has 1 unspecified atom stereocenters. The predicted octanol–water partition coefficient (Wildman–Crippen LogP) is 2.14. The molecular weight excluding hydrogens is 240 g/mol. The highest BCUT2D eigenvalue weighted by Crippen LogP contribution is 2.27. The number of nitrogens with one attached hydrogen (secondary N) is 1. The van der Waals surface area contributed by atoms with Gasteiger partial charge in [-0.15, -0.1) is 0 Å². The van der Waals surface area contributed by atoms with Gasteiger partial charge in [-0.05, 0) is 43.5 Å². The first-order valence-corrected chi connectivity index (χ1v) is 6.36. The summed E-state index contributed by atoms with van der Waals surface area (Å²) in [5.74, 6) is -0.376. The van der Waals surface area contributed by atoms with E-state index in [0.29, 0.717) is 6.42 Å². The number of H-pyrrole nitrogens is 1. The summed E-state index contributed by atoms with van der Waals surface area (Å²) in [4.78, 5) is 14.8. The van der Waals surface area contributed by atoms with Crippen LogP contribution in [-0.4, -0.2) is 24.1 Å². The van der Waals surface area contributed by atoms with Crippen molar-refractivity contribution in [2.24, 2.45) is 5.73 Å². The van der Waals surface area contributed by atoms with E-state index in [1.807, 2.05) is 6.92 Å². The van der Waals surface area contributed by atoms with Crippen molar-refractivity contribution in [3.05, 3.63) is 34.5 Å². The molecule has 0 amide bonds. The van der Waals surface area contributed by atoms with Crippen molar-refractivity contribution in [2.75, 3.05) is 7.11 Å². The first-order valence-electron chi connectivity index (χ1n) is 6.36. The monoisotopic (exact) mass is 260 g/mol. The third-order valence-corrected chi connectivity index (χ3v) is 3.48. The van der Waals surface area contributed by atoms with Gasteiger partial charge in [0.05, 0.1) is 7.11 Å². The number of ether oxygens (including phenoxy) is 1. The second-order valence-corrected chi connectivity index (χ2v) is 5.07. The van der Waals surface area contributed by atoms with E-state index >= 15 is 0 Å². The second-order valence-electron chi connectivity index (χ2n) is 5.07. The highest BCUT2D eigenvalue weighted by atomic mass is 16.5. The molecule has 0 spiro atoms. The second kappa shape index (κ2) is 5.05. The lowest BCUT2D eigenvalue weighted by molar-refractivity contribution is -0.142. The zero-order valence-electron chi connectivity index (χ0n) is 11.8. The van der Waals surface area contributed by atoms with Crippen LogP contribution in [0.1, 0.15) is 22.4 Å². The summed E-state index contributed by atoms with van der Waals surface area (Å²) in [6, 6.07) is 3.63. The van der Waals surface area contributed by atoms with Crippen LogP contribution in [0.25, 0.3) is 10.9 Å². The molecule has 4 nitrogen and oxygen atoms in total. The third-order valence-electron chi connectivity index (χ3n) is 3.48. The van der Waals surface area contributed by atoms with Gasteiger partial charge >= 0.3 is 5.97 Å². The molecule has 19 heavy (non-hydrogen) atoms. The third kappa shape index (κ3) is 2.49. The van der Waals surface area contributed by atoms with Crippen LogP contribution in [0.5, 0.6) is 0 Å². The number of carbonyl (C=O) groups is 1. The summed E-state index contributed by atoms with van der Waals surface area (Å²) in [7, 11) is 1.36. The van der Waals surface area contributed by atoms with E-state index in [0.717, 1.165) is 16.8 Å². The van der Waals surface area contributed by atoms with Gasteiger partial charge in [0.2, 0.25) is 0 Å². The van der Waals surface area contributed by atoms with Gasteiger partial charge < -0.3 is 15.5 Å². The Kier molecular flexibility index (Phi) is 3.62. The quantitative estimate of drug-likeness (QED) is 0.831. The number of aromatic nitrogens is 1. The zero-order chi connectivity index (χ0) is 14.2. The Morgan fingerprint density at radius 1 is 1.37 bits per heavy atom. The molecule has 1 heterocycles. The molecule has 0 aliphatic rings. The van der Waals surface area contributed by atoms with E-state index in [-0.39, 0.29) is 5.97 Å². The summed E-state index contributed by atoms with van der Waals surface area (Å²) in [6.07, 6.45) is 0.488. The molecule has 1 atom stereocenters. The van der Waals surface area contributed by atoms with Crippen LogP contribution in [-0.2, 0) is 16.0 Å². The molecule has 1 aromatic heterocycles. The predicted molar refractivity (Wildman–Crippen MR) is 76.2 cm³/mol. The Labute approximate surface area is 112 Å². The van der Waals surface area contributed by atoms with E-state index in [1.54, 1.807) is 0 Å². The molecular formula is C15H20N2O2. The fraction of sp³-hybridized carbons (Fsp3) is 0.400. The normalized spacial score (nSPS) is 12.7. The molecule has 0 aliphatic carbocycles. The lowest BCUT2D eigenvalue weighted by Crippen LogP contribution is -2.33. The van der Waals surface area contributed by atoms with Gasteiger partial charge in [0, 0.05) is 23.0 Å². The van der Waals surface area contributed by atoms with Gasteiger partial charge in [0.15, 0.2) is 0 Å². The SMILES string of the molecule is COC(=O)C(N)Cc1c(C)[nH]c2cc(C)cc(C)c12. The fourth-order valence-electron chi connectivity index (χ4n) is 2.64. The lowest BCUT2D eigenvalue weighted by Gasteiger charge is -2.10. The summed E-state index contributed by atoms with van der Waals surface area (Å²) in [5.41, 5.74) is 11.5. The summed E-state index contributed by atoms with van der Waals surface area (Å²) >= 11 is 0. The van der Waals surface area contributed by atoms with Crippen LogP contribution in [0, 0.1) is 20.8 Å². The van der Waals surface area contributed by atoms with Crippen molar-refractivity contribution in [3.8, 4) is 0 Å². The number of aromatic amines is 1. The number of fused-ring (bicyclic) bond motifs is 1. The van der Waals surface area contributed by atoms with Crippen molar-refractivity contribution < 1.29 is 9.53 Å². The van der Waals surface area contributed by atoms with Crippen molar-refractivity contribution in [1.82, 2.24) is 4.98 Å². The molecule has 4 heteroatoms. The highest BCUT2D eigenvalue weighted by molar-refractivity contribution is 5.89. The first kappa shape index (κ1) is 13.6. The summed E-state index contributed by atoms with van der Waals surface area (Å²) in [5, 5.41) is 1.17. The number of hydrogen-bond acceptors (Lipinski definition) is 3. The largest absolute Gasteiger partial charge is 0.468 e. The van der Waals surface area contributed by atoms with E-state index < -0.39 is 6.04 Å². The van der Waals surface area contributed by atoms with Gasteiger partial charge in [-0.3, -0.25) is 4.79 Å². The van der Waals surface area contributed by atoms with E-state index in [1.165, 1.54) is 23.6 Å². The number of carbonyl (C=O) groups excluding carboxylic acids is 1. The minimum atomic E-state index is -0.622. The number of nitrogens with two attached hydrogens (primary N) is 1. The molecule has 102 valence electrons. The van der Waals surface area contributed by atoms with Crippen molar-refractivity contribution in [2.45, 2.75) is 33.2 Å². The number of benzene rings is 1.